The van der Waals surface area contributed by atoms with Gasteiger partial charge >= 0.3 is 5.97 Å². The monoisotopic (exact) mass is 447 g/mol. The average Bonchev–Trinajstić information content (AvgIpc) is 3.07. The first-order valence-corrected chi connectivity index (χ1v) is 10.4. The molecule has 0 bridgehead atoms. The van der Waals surface area contributed by atoms with E-state index in [4.69, 9.17) is 5.11 Å². The van der Waals surface area contributed by atoms with E-state index >= 15 is 0 Å². The normalized spacial score (nSPS) is 16.0. The predicted molar refractivity (Wildman–Crippen MR) is 109 cm³/mol. The molecule has 1 aromatic carbocycles. The molecule has 1 aliphatic heterocycles. The fourth-order valence-electron chi connectivity index (χ4n) is 3.46. The molecule has 140 valence electrons. The van der Waals surface area contributed by atoms with Gasteiger partial charge in [0.1, 0.15) is 10.7 Å². The zero-order valence-corrected chi connectivity index (χ0v) is 16.8. The lowest BCUT2D eigenvalue weighted by molar-refractivity contribution is -0.143. The van der Waals surface area contributed by atoms with Gasteiger partial charge < -0.3 is 10.1 Å². The zero-order valence-electron chi connectivity index (χ0n) is 14.4. The summed E-state index contributed by atoms with van der Waals surface area (Å²) in [5, 5.41) is 11.7. The molecule has 0 spiro atoms. The van der Waals surface area contributed by atoms with Gasteiger partial charge in [0.25, 0.3) is 5.56 Å². The number of piperidine rings is 1. The molecule has 8 heteroatoms. The number of carboxylic acid groups (broad SMARTS) is 1. The van der Waals surface area contributed by atoms with Gasteiger partial charge in [-0.15, -0.1) is 11.3 Å². The van der Waals surface area contributed by atoms with Crippen LogP contribution < -0.4 is 5.56 Å². The second-order valence-corrected chi connectivity index (χ2v) is 8.51. The summed E-state index contributed by atoms with van der Waals surface area (Å²) in [6.07, 6.45) is 1.27. The molecular weight excluding hydrogens is 430 g/mol. The molecule has 4 rings (SSSR count). The van der Waals surface area contributed by atoms with Crippen LogP contribution in [0, 0.1) is 5.92 Å². The van der Waals surface area contributed by atoms with Crippen molar-refractivity contribution in [3.05, 3.63) is 50.3 Å². The number of aliphatic carboxylic acids is 1. The Morgan fingerprint density at radius 3 is 2.67 bits per heavy atom. The number of likely N-dealkylation sites (tertiary alicyclic amines) is 1. The summed E-state index contributed by atoms with van der Waals surface area (Å²) in [6, 6.07) is 7.86. The Morgan fingerprint density at radius 1 is 1.30 bits per heavy atom. The fraction of sp³-hybridized carbons (Fsp3) is 0.316. The van der Waals surface area contributed by atoms with Crippen LogP contribution in [0.2, 0.25) is 0 Å². The van der Waals surface area contributed by atoms with E-state index in [9.17, 15) is 9.59 Å². The minimum atomic E-state index is -0.721. The van der Waals surface area contributed by atoms with Crippen LogP contribution in [0.4, 0.5) is 0 Å². The van der Waals surface area contributed by atoms with E-state index in [0.717, 1.165) is 20.4 Å². The van der Waals surface area contributed by atoms with Crippen molar-refractivity contribution in [3.8, 4) is 11.1 Å². The van der Waals surface area contributed by atoms with Crippen LogP contribution in [0.25, 0.3) is 21.3 Å². The Morgan fingerprint density at radius 2 is 2.00 bits per heavy atom. The number of halogens is 1. The highest BCUT2D eigenvalue weighted by molar-refractivity contribution is 9.10. The highest BCUT2D eigenvalue weighted by Gasteiger charge is 2.25. The summed E-state index contributed by atoms with van der Waals surface area (Å²) in [6.45, 7) is 1.93. The number of benzene rings is 1. The molecule has 2 aromatic heterocycles. The van der Waals surface area contributed by atoms with Crippen LogP contribution in [0.1, 0.15) is 18.7 Å². The predicted octanol–water partition coefficient (Wildman–Crippen LogP) is 3.71. The summed E-state index contributed by atoms with van der Waals surface area (Å²) in [7, 11) is 0. The van der Waals surface area contributed by atoms with Gasteiger partial charge in [-0.2, -0.15) is 0 Å². The van der Waals surface area contributed by atoms with Gasteiger partial charge in [0, 0.05) is 15.4 Å². The summed E-state index contributed by atoms with van der Waals surface area (Å²) in [4.78, 5) is 34.2. The first-order valence-electron chi connectivity index (χ1n) is 8.73. The van der Waals surface area contributed by atoms with Gasteiger partial charge in [-0.05, 0) is 43.6 Å². The third kappa shape index (κ3) is 3.83. The number of aromatic amines is 1. The third-order valence-corrected chi connectivity index (χ3v) is 6.36. The number of H-pyrrole nitrogens is 1. The molecule has 0 radical (unpaired) electrons. The maximum atomic E-state index is 12.7. The van der Waals surface area contributed by atoms with Crippen LogP contribution in [0.5, 0.6) is 0 Å². The number of hydrogen-bond donors (Lipinski definition) is 2. The Bertz CT molecular complexity index is 1040. The summed E-state index contributed by atoms with van der Waals surface area (Å²) < 4.78 is 0.992. The second kappa shape index (κ2) is 7.53. The lowest BCUT2D eigenvalue weighted by atomic mass is 9.97. The zero-order chi connectivity index (χ0) is 19.0. The number of hydrogen-bond acceptors (Lipinski definition) is 5. The summed E-state index contributed by atoms with van der Waals surface area (Å²) in [5.41, 5.74) is 1.75. The van der Waals surface area contributed by atoms with Gasteiger partial charge in [-0.1, -0.05) is 28.1 Å². The Labute approximate surface area is 168 Å². The van der Waals surface area contributed by atoms with E-state index in [0.29, 0.717) is 43.7 Å². The van der Waals surface area contributed by atoms with Crippen LogP contribution in [0.3, 0.4) is 0 Å². The van der Waals surface area contributed by atoms with Crippen molar-refractivity contribution in [2.24, 2.45) is 5.92 Å². The molecule has 0 aliphatic carbocycles. The van der Waals surface area contributed by atoms with E-state index in [1.807, 2.05) is 29.6 Å². The smallest absolute Gasteiger partial charge is 0.306 e. The number of nitrogens with one attached hydrogen (secondary N) is 1. The highest BCUT2D eigenvalue weighted by atomic mass is 79.9. The average molecular weight is 448 g/mol. The second-order valence-electron chi connectivity index (χ2n) is 6.74. The number of thiophene rings is 1. The lowest BCUT2D eigenvalue weighted by Gasteiger charge is -2.29. The Kier molecular flexibility index (Phi) is 5.12. The fourth-order valence-corrected chi connectivity index (χ4v) is 4.69. The van der Waals surface area contributed by atoms with Gasteiger partial charge in [-0.3, -0.25) is 14.5 Å². The number of rotatable bonds is 4. The molecule has 0 amide bonds. The summed E-state index contributed by atoms with van der Waals surface area (Å²) in [5.74, 6) is -0.353. The van der Waals surface area contributed by atoms with E-state index in [1.165, 1.54) is 11.3 Å². The van der Waals surface area contributed by atoms with Crippen molar-refractivity contribution in [1.82, 2.24) is 14.9 Å². The molecule has 2 N–H and O–H groups in total. The van der Waals surface area contributed by atoms with E-state index in [2.05, 4.69) is 30.8 Å². The molecule has 1 aliphatic rings. The van der Waals surface area contributed by atoms with Crippen LogP contribution in [-0.4, -0.2) is 39.0 Å². The van der Waals surface area contributed by atoms with Gasteiger partial charge in [0.15, 0.2) is 0 Å². The van der Waals surface area contributed by atoms with Gasteiger partial charge in [0.05, 0.1) is 17.8 Å². The first kappa shape index (κ1) is 18.3. The number of nitrogens with zero attached hydrogens (tertiary/aromatic N) is 2. The number of fused-ring (bicyclic) bond motifs is 1. The van der Waals surface area contributed by atoms with E-state index in [1.54, 1.807) is 0 Å². The van der Waals surface area contributed by atoms with Crippen LogP contribution in [-0.2, 0) is 11.3 Å². The van der Waals surface area contributed by atoms with Crippen molar-refractivity contribution >= 4 is 43.5 Å². The largest absolute Gasteiger partial charge is 0.481 e. The third-order valence-electron chi connectivity index (χ3n) is 4.96. The molecule has 3 heterocycles. The molecule has 27 heavy (non-hydrogen) atoms. The van der Waals surface area contributed by atoms with Crippen molar-refractivity contribution in [2.75, 3.05) is 13.1 Å². The van der Waals surface area contributed by atoms with Crippen molar-refractivity contribution in [2.45, 2.75) is 19.4 Å². The van der Waals surface area contributed by atoms with Crippen molar-refractivity contribution < 1.29 is 9.90 Å². The molecule has 1 saturated heterocycles. The molecule has 0 unspecified atom stereocenters. The Balaban J connectivity index is 1.57. The van der Waals surface area contributed by atoms with E-state index < -0.39 is 5.97 Å². The van der Waals surface area contributed by atoms with Crippen molar-refractivity contribution in [3.63, 3.8) is 0 Å². The molecule has 3 aromatic rings. The molecule has 6 nitrogen and oxygen atoms in total. The van der Waals surface area contributed by atoms with Crippen molar-refractivity contribution in [1.29, 1.82) is 0 Å². The first-order chi connectivity index (χ1) is 13.0. The maximum absolute atomic E-state index is 12.7. The van der Waals surface area contributed by atoms with Crippen LogP contribution >= 0.6 is 27.3 Å². The SMILES string of the molecule is O=C(O)C1CCN(Cc2nc3scc(-c4ccc(Br)cc4)c3c(=O)[nH]2)CC1. The van der Waals surface area contributed by atoms with Gasteiger partial charge in [-0.25, -0.2) is 4.98 Å². The van der Waals surface area contributed by atoms with Crippen LogP contribution in [0.15, 0.2) is 38.9 Å². The van der Waals surface area contributed by atoms with Gasteiger partial charge in [0.2, 0.25) is 0 Å². The quantitative estimate of drug-likeness (QED) is 0.636. The standard InChI is InChI=1S/C19H18BrN3O3S/c20-13-3-1-11(2-4-13)14-10-27-18-16(14)17(24)21-15(22-18)9-23-7-5-12(6-8-23)19(25)26/h1-4,10,12H,5-9H2,(H,25,26)(H,21,22,24). The number of carbonyl (C=O) groups is 1. The molecular formula is C19H18BrN3O3S. The van der Waals surface area contributed by atoms with E-state index in [-0.39, 0.29) is 11.5 Å². The lowest BCUT2D eigenvalue weighted by Crippen LogP contribution is -2.36. The summed E-state index contributed by atoms with van der Waals surface area (Å²) >= 11 is 4.89. The molecule has 0 atom stereocenters. The number of aromatic nitrogens is 2. The number of carboxylic acids is 1. The Hall–Kier alpha value is -2.03. The highest BCUT2D eigenvalue weighted by Crippen LogP contribution is 2.31. The maximum Gasteiger partial charge on any atom is 0.306 e. The molecule has 0 saturated carbocycles. The minimum absolute atomic E-state index is 0.130. The topological polar surface area (TPSA) is 86.3 Å². The molecule has 1 fully saturated rings. The minimum Gasteiger partial charge on any atom is -0.481 e.